The van der Waals surface area contributed by atoms with E-state index in [9.17, 15) is 14.0 Å². The summed E-state index contributed by atoms with van der Waals surface area (Å²) in [4.78, 5) is 24.2. The summed E-state index contributed by atoms with van der Waals surface area (Å²) in [5.74, 6) is -1.66. The van der Waals surface area contributed by atoms with E-state index in [0.29, 0.717) is 10.8 Å². The highest BCUT2D eigenvalue weighted by Crippen LogP contribution is 2.28. The standard InChI is InChI=1S/C14H15ClFNO4/c1-9(21-11-5-3-2-4-10(11)15)12(18)17-7-6-14(16,8-17)13(19)20/h2-5,9H,6-8H2,1H3,(H,19,20). The van der Waals surface area contributed by atoms with Gasteiger partial charge in [0.1, 0.15) is 5.75 Å². The number of benzene rings is 1. The molecular formula is C14H15ClFNO4. The number of amides is 1. The molecule has 1 N–H and O–H groups in total. The average Bonchev–Trinajstić information content (AvgIpc) is 2.84. The maximum Gasteiger partial charge on any atom is 0.343 e. The number of carbonyl (C=O) groups is 2. The summed E-state index contributed by atoms with van der Waals surface area (Å²) in [6.07, 6.45) is -1.09. The fraction of sp³-hybridized carbons (Fsp3) is 0.429. The number of rotatable bonds is 4. The van der Waals surface area contributed by atoms with Crippen LogP contribution in [0.15, 0.2) is 24.3 Å². The summed E-state index contributed by atoms with van der Waals surface area (Å²) in [6.45, 7) is 1.11. The number of hydrogen-bond donors (Lipinski definition) is 1. The molecule has 1 aliphatic rings. The first-order chi connectivity index (χ1) is 9.83. The first-order valence-electron chi connectivity index (χ1n) is 6.46. The summed E-state index contributed by atoms with van der Waals surface area (Å²) >= 11 is 5.93. The monoisotopic (exact) mass is 315 g/mol. The fourth-order valence-electron chi connectivity index (χ4n) is 2.17. The van der Waals surface area contributed by atoms with Crippen LogP contribution in [0.5, 0.6) is 5.75 Å². The van der Waals surface area contributed by atoms with Crippen molar-refractivity contribution in [2.45, 2.75) is 25.1 Å². The lowest BCUT2D eigenvalue weighted by atomic mass is 10.1. The Morgan fingerprint density at radius 1 is 1.48 bits per heavy atom. The number of nitrogens with zero attached hydrogens (tertiary/aromatic N) is 1. The number of hydrogen-bond acceptors (Lipinski definition) is 3. The Balaban J connectivity index is 2.01. The summed E-state index contributed by atoms with van der Waals surface area (Å²) in [5, 5.41) is 9.19. The average molecular weight is 316 g/mol. The lowest BCUT2D eigenvalue weighted by Crippen LogP contribution is -2.43. The van der Waals surface area contributed by atoms with Gasteiger partial charge in [-0.05, 0) is 19.1 Å². The van der Waals surface area contributed by atoms with Gasteiger partial charge in [-0.1, -0.05) is 23.7 Å². The summed E-state index contributed by atoms with van der Waals surface area (Å²) in [5.41, 5.74) is -2.38. The molecular weight excluding hydrogens is 301 g/mol. The van der Waals surface area contributed by atoms with Crippen molar-refractivity contribution in [3.05, 3.63) is 29.3 Å². The molecule has 1 aliphatic heterocycles. The second-order valence-electron chi connectivity index (χ2n) is 4.97. The molecule has 1 saturated heterocycles. The first-order valence-corrected chi connectivity index (χ1v) is 6.83. The lowest BCUT2D eigenvalue weighted by molar-refractivity contribution is -0.150. The topological polar surface area (TPSA) is 66.8 Å². The number of para-hydroxylation sites is 1. The number of aliphatic carboxylic acids is 1. The van der Waals surface area contributed by atoms with Gasteiger partial charge in [-0.3, -0.25) is 4.79 Å². The van der Waals surface area contributed by atoms with Crippen molar-refractivity contribution in [3.8, 4) is 5.75 Å². The Bertz CT molecular complexity index is 568. The minimum Gasteiger partial charge on any atom is -0.479 e. The molecule has 2 rings (SSSR count). The first kappa shape index (κ1) is 15.6. The smallest absolute Gasteiger partial charge is 0.343 e. The van der Waals surface area contributed by atoms with Gasteiger partial charge in [0.25, 0.3) is 5.91 Å². The molecule has 1 fully saturated rings. The minimum atomic E-state index is -2.38. The fourth-order valence-corrected chi connectivity index (χ4v) is 2.35. The Morgan fingerprint density at radius 3 is 2.71 bits per heavy atom. The molecule has 0 spiro atoms. The van der Waals surface area contributed by atoms with E-state index in [4.69, 9.17) is 21.4 Å². The van der Waals surface area contributed by atoms with Crippen LogP contribution in [-0.4, -0.2) is 46.7 Å². The van der Waals surface area contributed by atoms with Crippen molar-refractivity contribution in [3.63, 3.8) is 0 Å². The van der Waals surface area contributed by atoms with E-state index < -0.39 is 30.2 Å². The molecule has 2 atom stereocenters. The second-order valence-corrected chi connectivity index (χ2v) is 5.38. The quantitative estimate of drug-likeness (QED) is 0.924. The van der Waals surface area contributed by atoms with Crippen molar-refractivity contribution in [1.82, 2.24) is 4.90 Å². The zero-order valence-electron chi connectivity index (χ0n) is 11.4. The van der Waals surface area contributed by atoms with Crippen LogP contribution in [0.2, 0.25) is 5.02 Å². The van der Waals surface area contributed by atoms with Crippen LogP contribution in [0.1, 0.15) is 13.3 Å². The third-order valence-corrected chi connectivity index (χ3v) is 3.71. The number of halogens is 2. The third kappa shape index (κ3) is 3.26. The molecule has 1 aromatic rings. The van der Waals surface area contributed by atoms with E-state index >= 15 is 0 Å². The number of carboxylic acid groups (broad SMARTS) is 1. The molecule has 0 saturated carbocycles. The predicted octanol–water partition coefficient (Wildman–Crippen LogP) is 2.13. The molecule has 5 nitrogen and oxygen atoms in total. The van der Waals surface area contributed by atoms with Crippen LogP contribution in [0.3, 0.4) is 0 Å². The van der Waals surface area contributed by atoms with Gasteiger partial charge < -0.3 is 14.7 Å². The number of carboxylic acids is 1. The molecule has 114 valence electrons. The number of carbonyl (C=O) groups excluding carboxylic acids is 1. The summed E-state index contributed by atoms with van der Waals surface area (Å²) < 4.78 is 19.4. The highest BCUT2D eigenvalue weighted by atomic mass is 35.5. The Labute approximate surface area is 126 Å². The van der Waals surface area contributed by atoms with Gasteiger partial charge in [-0.15, -0.1) is 0 Å². The van der Waals surface area contributed by atoms with Crippen LogP contribution in [0, 0.1) is 0 Å². The molecule has 2 unspecified atom stereocenters. The largest absolute Gasteiger partial charge is 0.479 e. The molecule has 0 aromatic heterocycles. The zero-order chi connectivity index (χ0) is 15.6. The predicted molar refractivity (Wildman–Crippen MR) is 74.2 cm³/mol. The lowest BCUT2D eigenvalue weighted by Gasteiger charge is -2.22. The van der Waals surface area contributed by atoms with Crippen molar-refractivity contribution < 1.29 is 23.8 Å². The molecule has 1 amide bonds. The Kier molecular flexibility index (Phi) is 4.37. The van der Waals surface area contributed by atoms with E-state index in [1.54, 1.807) is 24.3 Å². The van der Waals surface area contributed by atoms with Crippen molar-refractivity contribution in [2.75, 3.05) is 13.1 Å². The SMILES string of the molecule is CC(Oc1ccccc1Cl)C(=O)N1CCC(F)(C(=O)O)C1. The minimum absolute atomic E-state index is 0.0534. The maximum absolute atomic E-state index is 13.9. The van der Waals surface area contributed by atoms with Gasteiger partial charge in [0.2, 0.25) is 5.67 Å². The van der Waals surface area contributed by atoms with E-state index in [1.807, 2.05) is 0 Å². The van der Waals surface area contributed by atoms with E-state index in [0.717, 1.165) is 4.90 Å². The van der Waals surface area contributed by atoms with Gasteiger partial charge in [0, 0.05) is 13.0 Å². The van der Waals surface area contributed by atoms with E-state index in [2.05, 4.69) is 0 Å². The van der Waals surface area contributed by atoms with Crippen molar-refractivity contribution in [1.29, 1.82) is 0 Å². The van der Waals surface area contributed by atoms with Crippen LogP contribution in [-0.2, 0) is 9.59 Å². The molecule has 7 heteroatoms. The van der Waals surface area contributed by atoms with Gasteiger partial charge in [-0.25, -0.2) is 9.18 Å². The van der Waals surface area contributed by atoms with E-state index in [1.165, 1.54) is 6.92 Å². The number of likely N-dealkylation sites (tertiary alicyclic amines) is 1. The highest BCUT2D eigenvalue weighted by molar-refractivity contribution is 6.32. The van der Waals surface area contributed by atoms with Crippen LogP contribution >= 0.6 is 11.6 Å². The number of alkyl halides is 1. The molecule has 0 radical (unpaired) electrons. The highest BCUT2D eigenvalue weighted by Gasteiger charge is 2.47. The summed E-state index contributed by atoms with van der Waals surface area (Å²) in [7, 11) is 0. The molecule has 21 heavy (non-hydrogen) atoms. The van der Waals surface area contributed by atoms with Gasteiger partial charge >= 0.3 is 5.97 Å². The second kappa shape index (κ2) is 5.89. The van der Waals surface area contributed by atoms with Crippen LogP contribution in [0.4, 0.5) is 4.39 Å². The third-order valence-electron chi connectivity index (χ3n) is 3.40. The van der Waals surface area contributed by atoms with Gasteiger partial charge in [0.15, 0.2) is 6.10 Å². The van der Waals surface area contributed by atoms with Gasteiger partial charge in [0.05, 0.1) is 11.6 Å². The molecule has 1 aromatic carbocycles. The number of ether oxygens (including phenoxy) is 1. The van der Waals surface area contributed by atoms with E-state index in [-0.39, 0.29) is 13.0 Å². The molecule has 0 aliphatic carbocycles. The van der Waals surface area contributed by atoms with Crippen LogP contribution in [0.25, 0.3) is 0 Å². The normalized spacial score (nSPS) is 22.9. The Morgan fingerprint density at radius 2 is 2.14 bits per heavy atom. The zero-order valence-corrected chi connectivity index (χ0v) is 12.1. The maximum atomic E-state index is 13.9. The summed E-state index contributed by atoms with van der Waals surface area (Å²) in [6, 6.07) is 6.69. The Hall–Kier alpha value is -1.82. The van der Waals surface area contributed by atoms with Gasteiger partial charge in [-0.2, -0.15) is 0 Å². The van der Waals surface area contributed by atoms with Crippen molar-refractivity contribution in [2.24, 2.45) is 0 Å². The molecule has 0 bridgehead atoms. The van der Waals surface area contributed by atoms with Crippen LogP contribution < -0.4 is 4.74 Å². The molecule has 1 heterocycles. The van der Waals surface area contributed by atoms with Crippen molar-refractivity contribution >= 4 is 23.5 Å².